The lowest BCUT2D eigenvalue weighted by atomic mass is 10.00. The van der Waals surface area contributed by atoms with Crippen molar-refractivity contribution in [3.05, 3.63) is 59.0 Å². The number of carboxylic acid groups (broad SMARTS) is 2. The number of aryl methyl sites for hydroxylation is 1. The van der Waals surface area contributed by atoms with E-state index in [9.17, 15) is 34.8 Å². The van der Waals surface area contributed by atoms with E-state index >= 15 is 0 Å². The Hall–Kier alpha value is -3.85. The second-order valence-corrected chi connectivity index (χ2v) is 14.0. The number of hydrogen-bond donors (Lipinski definition) is 5. The number of hydrogen-bond acceptors (Lipinski definition) is 10. The lowest BCUT2D eigenvalue weighted by Gasteiger charge is -2.26. The fraction of sp³-hybridized carbons (Fsp3) is 0.345. The number of alkyl halides is 6. The van der Waals surface area contributed by atoms with Gasteiger partial charge in [0.15, 0.2) is 0 Å². The van der Waals surface area contributed by atoms with Gasteiger partial charge < -0.3 is 26.0 Å². The average Bonchev–Trinajstić information content (AvgIpc) is 3.48. The summed E-state index contributed by atoms with van der Waals surface area (Å²) < 4.78 is 96.5. The number of nitrogens with zero attached hydrogens (tertiary/aromatic N) is 1. The standard InChI is InChI=1S/C25H30N4O3S3.2C2HF3O2/c1-17-14-19(28-8-9-29-10-12-32-13-11-29)6-7-21(17)18-4-3-5-20(15-18)35(30,31)23-16-22(24(26)27)34-25(23)33-2;2*3-2(4,5)1(6)7/h3-7,14-16,28H,8-13H2,1-2H3,(H3,26,27);2*(H,6,7). The van der Waals surface area contributed by atoms with Gasteiger partial charge in [0, 0.05) is 31.9 Å². The van der Waals surface area contributed by atoms with Gasteiger partial charge in [0.05, 0.1) is 32.1 Å². The van der Waals surface area contributed by atoms with E-state index in [2.05, 4.69) is 16.3 Å². The summed E-state index contributed by atoms with van der Waals surface area (Å²) in [6.07, 6.45) is -8.34. The maximum absolute atomic E-state index is 13.5. The van der Waals surface area contributed by atoms with Crippen LogP contribution < -0.4 is 11.1 Å². The van der Waals surface area contributed by atoms with Crippen LogP contribution in [0.3, 0.4) is 0 Å². The first-order valence-corrected chi connectivity index (χ1v) is 17.3. The quantitative estimate of drug-likeness (QED) is 0.0796. The summed E-state index contributed by atoms with van der Waals surface area (Å²) in [4.78, 5) is 21.1. The van der Waals surface area contributed by atoms with E-state index in [1.807, 2.05) is 31.4 Å². The fourth-order valence-corrected chi connectivity index (χ4v) is 7.96. The van der Waals surface area contributed by atoms with Crippen LogP contribution in [0, 0.1) is 12.3 Å². The van der Waals surface area contributed by atoms with E-state index in [0.29, 0.717) is 9.09 Å². The Bertz CT molecular complexity index is 1700. The molecule has 1 saturated heterocycles. The molecule has 0 aliphatic carbocycles. The number of nitrogens with two attached hydrogens (primary N) is 1. The van der Waals surface area contributed by atoms with Gasteiger partial charge in [-0.3, -0.25) is 10.3 Å². The number of sulfone groups is 1. The molecule has 6 N–H and O–H groups in total. The van der Waals surface area contributed by atoms with Crippen molar-refractivity contribution in [2.24, 2.45) is 5.73 Å². The number of anilines is 1. The molecule has 20 heteroatoms. The van der Waals surface area contributed by atoms with E-state index in [1.54, 1.807) is 18.2 Å². The summed E-state index contributed by atoms with van der Waals surface area (Å²) in [6.45, 7) is 7.39. The molecule has 3 aromatic rings. The summed E-state index contributed by atoms with van der Waals surface area (Å²) in [5.41, 5.74) is 9.55. The number of rotatable bonds is 9. The average molecular weight is 759 g/mol. The lowest BCUT2D eigenvalue weighted by molar-refractivity contribution is -0.193. The molecule has 0 spiro atoms. The Labute approximate surface area is 285 Å². The zero-order valence-electron chi connectivity index (χ0n) is 25.8. The van der Waals surface area contributed by atoms with Crippen molar-refractivity contribution in [2.45, 2.75) is 33.3 Å². The molecular formula is C29H32F6N4O7S3. The van der Waals surface area contributed by atoms with Crippen LogP contribution >= 0.6 is 23.1 Å². The van der Waals surface area contributed by atoms with Crippen LogP contribution in [-0.4, -0.2) is 99.3 Å². The molecule has 0 unspecified atom stereocenters. The van der Waals surface area contributed by atoms with Crippen molar-refractivity contribution in [2.75, 3.05) is 51.0 Å². The number of carbonyl (C=O) groups is 2. The normalized spacial score (nSPS) is 13.7. The Morgan fingerprint density at radius 2 is 1.59 bits per heavy atom. The second kappa shape index (κ2) is 17.7. The number of amidine groups is 1. The summed E-state index contributed by atoms with van der Waals surface area (Å²) in [5, 5.41) is 25.4. The third-order valence-corrected chi connectivity index (χ3v) is 10.8. The Morgan fingerprint density at radius 3 is 2.08 bits per heavy atom. The first-order chi connectivity index (χ1) is 22.7. The molecule has 2 aromatic carbocycles. The predicted octanol–water partition coefficient (Wildman–Crippen LogP) is 5.57. The summed E-state index contributed by atoms with van der Waals surface area (Å²) >= 11 is 2.57. The second-order valence-electron chi connectivity index (χ2n) is 9.93. The number of aliphatic carboxylic acids is 2. The van der Waals surface area contributed by atoms with Gasteiger partial charge in [-0.15, -0.1) is 23.1 Å². The van der Waals surface area contributed by atoms with Gasteiger partial charge in [-0.2, -0.15) is 26.3 Å². The van der Waals surface area contributed by atoms with Gasteiger partial charge in [0.1, 0.15) is 5.84 Å². The molecule has 1 aliphatic heterocycles. The molecule has 270 valence electrons. The van der Waals surface area contributed by atoms with Crippen LogP contribution in [0.1, 0.15) is 10.4 Å². The highest BCUT2D eigenvalue weighted by Gasteiger charge is 2.39. The summed E-state index contributed by atoms with van der Waals surface area (Å²) in [6, 6.07) is 14.7. The fourth-order valence-electron chi connectivity index (χ4n) is 4.06. The zero-order valence-corrected chi connectivity index (χ0v) is 28.3. The number of nitrogens with one attached hydrogen (secondary N) is 2. The molecule has 0 atom stereocenters. The van der Waals surface area contributed by atoms with Gasteiger partial charge in [0.25, 0.3) is 0 Å². The van der Waals surface area contributed by atoms with Crippen molar-refractivity contribution in [1.82, 2.24) is 4.90 Å². The molecule has 1 aromatic heterocycles. The van der Waals surface area contributed by atoms with E-state index < -0.39 is 34.1 Å². The topological polar surface area (TPSA) is 183 Å². The van der Waals surface area contributed by atoms with E-state index in [1.165, 1.54) is 29.2 Å². The van der Waals surface area contributed by atoms with Crippen LogP contribution in [0.25, 0.3) is 11.1 Å². The Balaban J connectivity index is 0.000000500. The number of halogens is 6. The molecule has 4 rings (SSSR count). The smallest absolute Gasteiger partial charge is 0.475 e. The number of thiophene rings is 1. The van der Waals surface area contributed by atoms with Crippen molar-refractivity contribution in [3.63, 3.8) is 0 Å². The van der Waals surface area contributed by atoms with Crippen molar-refractivity contribution in [3.8, 4) is 11.1 Å². The number of morpholine rings is 1. The van der Waals surface area contributed by atoms with Gasteiger partial charge in [-0.25, -0.2) is 18.0 Å². The van der Waals surface area contributed by atoms with E-state index in [0.717, 1.165) is 61.8 Å². The Kier molecular flexibility index (Phi) is 14.9. The third kappa shape index (κ3) is 12.5. The molecule has 0 bridgehead atoms. The van der Waals surface area contributed by atoms with Crippen molar-refractivity contribution in [1.29, 1.82) is 5.41 Å². The number of ether oxygens (including phenoxy) is 1. The van der Waals surface area contributed by atoms with Gasteiger partial charge in [-0.1, -0.05) is 18.2 Å². The van der Waals surface area contributed by atoms with Crippen LogP contribution in [0.4, 0.5) is 32.0 Å². The molecule has 1 fully saturated rings. The number of benzene rings is 2. The Morgan fingerprint density at radius 1 is 1.02 bits per heavy atom. The van der Waals surface area contributed by atoms with Gasteiger partial charge in [-0.05, 0) is 60.2 Å². The summed E-state index contributed by atoms with van der Waals surface area (Å²) in [5.74, 6) is -5.64. The molecular weight excluding hydrogens is 727 g/mol. The zero-order chi connectivity index (χ0) is 37.2. The number of carboxylic acids is 2. The summed E-state index contributed by atoms with van der Waals surface area (Å²) in [7, 11) is -3.76. The minimum atomic E-state index is -5.08. The van der Waals surface area contributed by atoms with Gasteiger partial charge >= 0.3 is 24.3 Å². The maximum Gasteiger partial charge on any atom is 0.490 e. The van der Waals surface area contributed by atoms with Crippen LogP contribution in [0.5, 0.6) is 0 Å². The van der Waals surface area contributed by atoms with Gasteiger partial charge in [0.2, 0.25) is 9.84 Å². The van der Waals surface area contributed by atoms with E-state index in [4.69, 9.17) is 35.7 Å². The molecule has 0 saturated carbocycles. The van der Waals surface area contributed by atoms with Crippen LogP contribution in [0.15, 0.2) is 62.5 Å². The number of nitrogen functional groups attached to an aromatic ring is 1. The third-order valence-electron chi connectivity index (χ3n) is 6.43. The van der Waals surface area contributed by atoms with Crippen LogP contribution in [-0.2, 0) is 24.2 Å². The highest BCUT2D eigenvalue weighted by molar-refractivity contribution is 8.01. The predicted molar refractivity (Wildman–Crippen MR) is 172 cm³/mol. The van der Waals surface area contributed by atoms with Crippen molar-refractivity contribution >= 4 is 56.4 Å². The monoisotopic (exact) mass is 758 g/mol. The lowest BCUT2D eigenvalue weighted by Crippen LogP contribution is -2.39. The first-order valence-electron chi connectivity index (χ1n) is 13.8. The molecule has 1 aliphatic rings. The number of thioether (sulfide) groups is 1. The maximum atomic E-state index is 13.5. The first kappa shape index (κ1) is 41.3. The molecule has 0 amide bonds. The molecule has 11 nitrogen and oxygen atoms in total. The largest absolute Gasteiger partial charge is 0.490 e. The van der Waals surface area contributed by atoms with Crippen LogP contribution in [0.2, 0.25) is 0 Å². The SMILES string of the molecule is CSc1sc(C(=N)N)cc1S(=O)(=O)c1cccc(-c2ccc(NCCN3CCOCC3)cc2C)c1.O=C(O)C(F)(F)F.O=C(O)C(F)(F)F. The van der Waals surface area contributed by atoms with Crippen molar-refractivity contribution < 1.29 is 59.3 Å². The molecule has 49 heavy (non-hydrogen) atoms. The van der Waals surface area contributed by atoms with E-state index in [-0.39, 0.29) is 15.6 Å². The minimum Gasteiger partial charge on any atom is -0.475 e. The highest BCUT2D eigenvalue weighted by atomic mass is 32.2. The minimum absolute atomic E-state index is 0.130. The highest BCUT2D eigenvalue weighted by Crippen LogP contribution is 2.38. The molecule has 0 radical (unpaired) electrons. The molecule has 2 heterocycles.